The average molecular weight is 801 g/mol. The Bertz CT molecular complexity index is 1090. The summed E-state index contributed by atoms with van der Waals surface area (Å²) in [5.41, 5.74) is 9.84. The minimum atomic E-state index is -4.90. The number of carbonyl (C=O) groups excluding carboxylic acids is 4. The van der Waals surface area contributed by atoms with Crippen LogP contribution in [0, 0.1) is 0 Å². The Balaban J connectivity index is -0.000000427. The molecule has 0 fully saturated rings. The van der Waals surface area contributed by atoms with Crippen molar-refractivity contribution >= 4 is 43.9 Å². The van der Waals surface area contributed by atoms with Crippen molar-refractivity contribution in [2.24, 2.45) is 11.5 Å². The van der Waals surface area contributed by atoms with Crippen LogP contribution in [-0.2, 0) is 39.4 Å². The first-order valence-corrected chi connectivity index (χ1v) is 21.3. The SMILES string of the molecule is CCCCCCCCCCCCN(C)C(=O)C(CC(N)=O)S(=O)(=O)[O-].CCCCCCCCCCCCN(C)C(=O)C(CC(N)=O)S(=O)(=O)[O-].[Na+].[Na+]. The number of rotatable bonds is 30. The Morgan fingerprint density at radius 3 is 0.885 bits per heavy atom. The van der Waals surface area contributed by atoms with Crippen molar-refractivity contribution in [1.82, 2.24) is 9.80 Å². The van der Waals surface area contributed by atoms with Gasteiger partial charge in [-0.25, -0.2) is 16.8 Å². The molecule has 0 aromatic carbocycles. The molecule has 52 heavy (non-hydrogen) atoms. The topological polar surface area (TPSA) is 241 Å². The molecule has 0 aliphatic carbocycles. The molecule has 0 radical (unpaired) electrons. The maximum absolute atomic E-state index is 12.1. The largest absolute Gasteiger partial charge is 1.00 e. The summed E-state index contributed by atoms with van der Waals surface area (Å²) in [4.78, 5) is 48.3. The van der Waals surface area contributed by atoms with Gasteiger partial charge in [0.05, 0.1) is 12.8 Å². The van der Waals surface area contributed by atoms with Crippen LogP contribution in [0.25, 0.3) is 0 Å². The van der Waals surface area contributed by atoms with E-state index in [2.05, 4.69) is 13.8 Å². The Hall–Kier alpha value is -0.300. The van der Waals surface area contributed by atoms with Crippen molar-refractivity contribution in [3.8, 4) is 0 Å². The van der Waals surface area contributed by atoms with Gasteiger partial charge in [-0.05, 0) is 12.8 Å². The molecule has 0 aliphatic heterocycles. The summed E-state index contributed by atoms with van der Waals surface area (Å²) in [5.74, 6) is -3.68. The Labute approximate surface area is 359 Å². The van der Waals surface area contributed by atoms with Crippen LogP contribution in [0.1, 0.15) is 155 Å². The van der Waals surface area contributed by atoms with Crippen molar-refractivity contribution in [2.75, 3.05) is 27.2 Å². The van der Waals surface area contributed by atoms with Gasteiger partial charge in [0.25, 0.3) is 0 Å². The van der Waals surface area contributed by atoms with Gasteiger partial charge in [-0.3, -0.25) is 19.2 Å². The van der Waals surface area contributed by atoms with Gasteiger partial charge in [-0.15, -0.1) is 0 Å². The van der Waals surface area contributed by atoms with Crippen LogP contribution in [0.3, 0.4) is 0 Å². The predicted molar refractivity (Wildman–Crippen MR) is 194 cm³/mol. The van der Waals surface area contributed by atoms with E-state index < -0.39 is 67.2 Å². The molecule has 4 N–H and O–H groups in total. The van der Waals surface area contributed by atoms with E-state index in [0.717, 1.165) is 51.4 Å². The summed E-state index contributed by atoms with van der Waals surface area (Å²) in [7, 11) is -6.92. The van der Waals surface area contributed by atoms with Gasteiger partial charge >= 0.3 is 59.1 Å². The second-order valence-corrected chi connectivity index (χ2v) is 16.3. The van der Waals surface area contributed by atoms with Crippen molar-refractivity contribution < 1.29 is 104 Å². The average Bonchev–Trinajstić information content (AvgIpc) is 3.02. The van der Waals surface area contributed by atoms with Crippen LogP contribution in [0.5, 0.6) is 0 Å². The van der Waals surface area contributed by atoms with Gasteiger partial charge in [0.2, 0.25) is 23.6 Å². The number of nitrogens with zero attached hydrogens (tertiary/aromatic N) is 2. The monoisotopic (exact) mass is 800 g/mol. The van der Waals surface area contributed by atoms with E-state index in [4.69, 9.17) is 11.5 Å². The molecule has 0 heterocycles. The first-order chi connectivity index (χ1) is 23.4. The predicted octanol–water partition coefficient (Wildman–Crippen LogP) is -1.68. The molecule has 0 bridgehead atoms. The molecular formula is C34H66N4Na2O10S2. The molecule has 0 aliphatic rings. The molecule has 0 saturated heterocycles. The Morgan fingerprint density at radius 1 is 0.481 bits per heavy atom. The quantitative estimate of drug-likeness (QED) is 0.0475. The van der Waals surface area contributed by atoms with Gasteiger partial charge in [-0.2, -0.15) is 0 Å². The first kappa shape index (κ1) is 58.4. The van der Waals surface area contributed by atoms with Crippen LogP contribution in [0.15, 0.2) is 0 Å². The molecule has 296 valence electrons. The normalized spacial score (nSPS) is 12.3. The summed E-state index contributed by atoms with van der Waals surface area (Å²) >= 11 is 0. The molecular weight excluding hydrogens is 735 g/mol. The number of amides is 4. The molecule has 0 saturated carbocycles. The fourth-order valence-corrected chi connectivity index (χ4v) is 6.97. The van der Waals surface area contributed by atoms with E-state index in [1.807, 2.05) is 0 Å². The number of hydrogen-bond donors (Lipinski definition) is 2. The molecule has 4 amide bonds. The van der Waals surface area contributed by atoms with Gasteiger partial charge in [0.15, 0.2) is 0 Å². The molecule has 2 atom stereocenters. The number of unbranched alkanes of at least 4 members (excludes halogenated alkanes) is 18. The summed E-state index contributed by atoms with van der Waals surface area (Å²) in [6, 6.07) is 0. The Kier molecular flexibility index (Phi) is 39.5. The molecule has 14 nitrogen and oxygen atoms in total. The second-order valence-electron chi connectivity index (χ2n) is 13.2. The Morgan fingerprint density at radius 2 is 0.692 bits per heavy atom. The van der Waals surface area contributed by atoms with Crippen molar-refractivity contribution in [2.45, 2.75) is 166 Å². The number of nitrogens with two attached hydrogens (primary N) is 2. The van der Waals surface area contributed by atoms with Crippen LogP contribution in [0.2, 0.25) is 0 Å². The van der Waals surface area contributed by atoms with Crippen LogP contribution in [0.4, 0.5) is 0 Å². The third-order valence-electron chi connectivity index (χ3n) is 8.47. The van der Waals surface area contributed by atoms with E-state index in [9.17, 15) is 45.1 Å². The molecule has 2 unspecified atom stereocenters. The summed E-state index contributed by atoms with van der Waals surface area (Å²) in [5, 5.41) is -3.84. The van der Waals surface area contributed by atoms with E-state index in [0.29, 0.717) is 13.1 Å². The summed E-state index contributed by atoms with van der Waals surface area (Å²) in [6.45, 7) is 5.12. The van der Waals surface area contributed by atoms with Gasteiger partial charge < -0.3 is 30.4 Å². The third-order valence-corrected chi connectivity index (χ3v) is 10.6. The van der Waals surface area contributed by atoms with E-state index >= 15 is 0 Å². The van der Waals surface area contributed by atoms with Crippen molar-refractivity contribution in [3.05, 3.63) is 0 Å². The van der Waals surface area contributed by atoms with Gasteiger partial charge in [0, 0.05) is 27.2 Å². The van der Waals surface area contributed by atoms with Crippen molar-refractivity contribution in [1.29, 1.82) is 0 Å². The van der Waals surface area contributed by atoms with Crippen molar-refractivity contribution in [3.63, 3.8) is 0 Å². The summed E-state index contributed by atoms with van der Waals surface area (Å²) < 4.78 is 66.9. The van der Waals surface area contributed by atoms with Crippen LogP contribution >= 0.6 is 0 Å². The van der Waals surface area contributed by atoms with Gasteiger partial charge in [-0.1, -0.05) is 129 Å². The maximum atomic E-state index is 12.1. The number of hydrogen-bond acceptors (Lipinski definition) is 10. The minimum absolute atomic E-state index is 0. The zero-order valence-corrected chi connectivity index (χ0v) is 38.7. The second kappa shape index (κ2) is 35.1. The zero-order chi connectivity index (χ0) is 38.6. The number of carbonyl (C=O) groups is 4. The maximum Gasteiger partial charge on any atom is 1.00 e. The summed E-state index contributed by atoms with van der Waals surface area (Å²) in [6.07, 6.45) is 21.5. The van der Waals surface area contributed by atoms with E-state index in [1.54, 1.807) is 0 Å². The van der Waals surface area contributed by atoms with Gasteiger partial charge in [0.1, 0.15) is 30.7 Å². The minimum Gasteiger partial charge on any atom is -0.747 e. The van der Waals surface area contributed by atoms with E-state index in [-0.39, 0.29) is 59.1 Å². The fourth-order valence-electron chi connectivity index (χ4n) is 5.38. The first-order valence-electron chi connectivity index (χ1n) is 18.4. The fraction of sp³-hybridized carbons (Fsp3) is 0.882. The smallest absolute Gasteiger partial charge is 0.747 e. The molecule has 18 heteroatoms. The molecule has 0 rings (SSSR count). The number of primary amides is 2. The van der Waals surface area contributed by atoms with Crippen LogP contribution in [-0.4, -0.2) is 97.1 Å². The molecule has 0 aromatic heterocycles. The molecule has 0 aromatic rings. The van der Waals surface area contributed by atoms with E-state index in [1.165, 1.54) is 101 Å². The third kappa shape index (κ3) is 33.1. The van der Waals surface area contributed by atoms with Crippen LogP contribution < -0.4 is 70.6 Å². The molecule has 0 spiro atoms. The standard InChI is InChI=1S/2C17H34N2O5S.2Na/c2*1-3-4-5-6-7-8-9-10-11-12-13-19(2)17(21)15(14-16(18)20)25(22,23)24;;/h2*15H,3-14H2,1-2H3,(H2,18,20)(H,22,23,24);;/q;;2*+1/p-2. The zero-order valence-electron chi connectivity index (χ0n) is 33.1.